The zero-order valence-electron chi connectivity index (χ0n) is 13.5. The third-order valence-electron chi connectivity index (χ3n) is 3.59. The van der Waals surface area contributed by atoms with E-state index in [0.717, 1.165) is 15.7 Å². The number of hydrogen-bond donors (Lipinski definition) is 2. The van der Waals surface area contributed by atoms with Crippen molar-refractivity contribution in [3.05, 3.63) is 69.8 Å². The third kappa shape index (κ3) is 4.29. The molecule has 1 heterocycles. The molecular formula is C18H18BrN5. The quantitative estimate of drug-likeness (QED) is 0.673. The van der Waals surface area contributed by atoms with Gasteiger partial charge in [0.1, 0.15) is 0 Å². The van der Waals surface area contributed by atoms with Crippen molar-refractivity contribution in [1.29, 1.82) is 0 Å². The van der Waals surface area contributed by atoms with Crippen molar-refractivity contribution in [3.63, 3.8) is 0 Å². The molecule has 2 N–H and O–H groups in total. The van der Waals surface area contributed by atoms with E-state index in [2.05, 4.69) is 72.9 Å². The standard InChI is InChI=1S/C18H18BrN5/c1-12-3-5-14(6-4-12)10-20-17-11-21-24-18(23-17)22-16-8-7-15(19)9-13(16)2/h3-9,11H,10H2,1-2H3,(H2,20,22,23,24). The first-order valence-electron chi connectivity index (χ1n) is 7.62. The zero-order chi connectivity index (χ0) is 16.9. The molecule has 2 aromatic carbocycles. The van der Waals surface area contributed by atoms with Gasteiger partial charge < -0.3 is 10.6 Å². The van der Waals surface area contributed by atoms with Crippen LogP contribution in [0.25, 0.3) is 0 Å². The molecule has 122 valence electrons. The van der Waals surface area contributed by atoms with Crippen LogP contribution in [0.2, 0.25) is 0 Å². The first-order chi connectivity index (χ1) is 11.6. The molecular weight excluding hydrogens is 366 g/mol. The first kappa shape index (κ1) is 16.4. The van der Waals surface area contributed by atoms with Gasteiger partial charge in [-0.25, -0.2) is 0 Å². The van der Waals surface area contributed by atoms with Gasteiger partial charge in [0.05, 0.1) is 6.20 Å². The van der Waals surface area contributed by atoms with Crippen molar-refractivity contribution in [3.8, 4) is 0 Å². The number of nitrogens with zero attached hydrogens (tertiary/aromatic N) is 3. The molecule has 0 spiro atoms. The SMILES string of the molecule is Cc1ccc(CNc2cnnc(Nc3ccc(Br)cc3C)n2)cc1. The summed E-state index contributed by atoms with van der Waals surface area (Å²) in [6, 6.07) is 14.4. The Bertz CT molecular complexity index is 833. The van der Waals surface area contributed by atoms with Crippen molar-refractivity contribution in [2.75, 3.05) is 10.6 Å². The van der Waals surface area contributed by atoms with Gasteiger partial charge in [-0.05, 0) is 43.2 Å². The van der Waals surface area contributed by atoms with Gasteiger partial charge in [-0.15, -0.1) is 5.10 Å². The average Bonchev–Trinajstić information content (AvgIpc) is 2.57. The molecule has 0 saturated heterocycles. The monoisotopic (exact) mass is 383 g/mol. The lowest BCUT2D eigenvalue weighted by molar-refractivity contribution is 0.965. The summed E-state index contributed by atoms with van der Waals surface area (Å²) in [5.41, 5.74) is 4.50. The van der Waals surface area contributed by atoms with E-state index in [-0.39, 0.29) is 0 Å². The maximum absolute atomic E-state index is 4.46. The Morgan fingerprint density at radius 3 is 2.58 bits per heavy atom. The van der Waals surface area contributed by atoms with E-state index >= 15 is 0 Å². The summed E-state index contributed by atoms with van der Waals surface area (Å²) in [6.45, 7) is 4.79. The number of aryl methyl sites for hydroxylation is 2. The minimum Gasteiger partial charge on any atom is -0.365 e. The minimum atomic E-state index is 0.467. The average molecular weight is 384 g/mol. The highest BCUT2D eigenvalue weighted by molar-refractivity contribution is 9.10. The lowest BCUT2D eigenvalue weighted by Gasteiger charge is -2.10. The van der Waals surface area contributed by atoms with E-state index in [1.165, 1.54) is 11.1 Å². The van der Waals surface area contributed by atoms with Gasteiger partial charge in [0, 0.05) is 16.7 Å². The topological polar surface area (TPSA) is 62.7 Å². The van der Waals surface area contributed by atoms with Crippen molar-refractivity contribution in [1.82, 2.24) is 15.2 Å². The van der Waals surface area contributed by atoms with Crippen molar-refractivity contribution >= 4 is 33.4 Å². The molecule has 0 fully saturated rings. The molecule has 6 heteroatoms. The van der Waals surface area contributed by atoms with Crippen molar-refractivity contribution < 1.29 is 0 Å². The Balaban J connectivity index is 1.68. The highest BCUT2D eigenvalue weighted by Gasteiger charge is 2.04. The number of rotatable bonds is 5. The Morgan fingerprint density at radius 1 is 1.04 bits per heavy atom. The van der Waals surface area contributed by atoms with E-state index < -0.39 is 0 Å². The summed E-state index contributed by atoms with van der Waals surface area (Å²) in [5.74, 6) is 1.15. The van der Waals surface area contributed by atoms with Crippen LogP contribution in [0.5, 0.6) is 0 Å². The zero-order valence-corrected chi connectivity index (χ0v) is 15.1. The lowest BCUT2D eigenvalue weighted by Crippen LogP contribution is -2.06. The molecule has 5 nitrogen and oxygen atoms in total. The predicted octanol–water partition coefficient (Wildman–Crippen LogP) is 4.61. The number of benzene rings is 2. The van der Waals surface area contributed by atoms with Gasteiger partial charge in [-0.2, -0.15) is 10.1 Å². The molecule has 0 amide bonds. The molecule has 0 saturated carbocycles. The maximum Gasteiger partial charge on any atom is 0.249 e. The second kappa shape index (κ2) is 7.40. The molecule has 1 aromatic heterocycles. The number of aromatic nitrogens is 3. The number of anilines is 3. The van der Waals surface area contributed by atoms with E-state index in [0.29, 0.717) is 18.3 Å². The summed E-state index contributed by atoms with van der Waals surface area (Å²) in [4.78, 5) is 4.46. The summed E-state index contributed by atoms with van der Waals surface area (Å²) >= 11 is 3.46. The van der Waals surface area contributed by atoms with E-state index in [9.17, 15) is 0 Å². The van der Waals surface area contributed by atoms with Crippen LogP contribution in [0.4, 0.5) is 17.5 Å². The highest BCUT2D eigenvalue weighted by atomic mass is 79.9. The van der Waals surface area contributed by atoms with Crippen LogP contribution in [0.1, 0.15) is 16.7 Å². The predicted molar refractivity (Wildman–Crippen MR) is 100 cm³/mol. The minimum absolute atomic E-state index is 0.467. The lowest BCUT2D eigenvalue weighted by atomic mass is 10.1. The molecule has 0 bridgehead atoms. The summed E-state index contributed by atoms with van der Waals surface area (Å²) in [5, 5.41) is 14.5. The third-order valence-corrected chi connectivity index (χ3v) is 4.08. The molecule has 0 aliphatic rings. The molecule has 0 unspecified atom stereocenters. The first-order valence-corrected chi connectivity index (χ1v) is 8.42. The van der Waals surface area contributed by atoms with E-state index in [1.54, 1.807) is 6.20 Å². The van der Waals surface area contributed by atoms with Crippen LogP contribution >= 0.6 is 15.9 Å². The normalized spacial score (nSPS) is 10.5. The van der Waals surface area contributed by atoms with Crippen LogP contribution in [0.15, 0.2) is 53.1 Å². The molecule has 3 rings (SSSR count). The Hall–Kier alpha value is -2.47. The maximum atomic E-state index is 4.46. The van der Waals surface area contributed by atoms with Gasteiger partial charge in [-0.3, -0.25) is 0 Å². The number of hydrogen-bond acceptors (Lipinski definition) is 5. The Kier molecular flexibility index (Phi) is 5.05. The molecule has 0 aliphatic heterocycles. The van der Waals surface area contributed by atoms with Crippen LogP contribution < -0.4 is 10.6 Å². The van der Waals surface area contributed by atoms with Gasteiger partial charge in [0.2, 0.25) is 5.95 Å². The fraction of sp³-hybridized carbons (Fsp3) is 0.167. The van der Waals surface area contributed by atoms with Crippen LogP contribution in [-0.2, 0) is 6.54 Å². The van der Waals surface area contributed by atoms with Crippen LogP contribution in [-0.4, -0.2) is 15.2 Å². The fourth-order valence-corrected chi connectivity index (χ4v) is 2.70. The fourth-order valence-electron chi connectivity index (χ4n) is 2.23. The Labute approximate surface area is 149 Å². The highest BCUT2D eigenvalue weighted by Crippen LogP contribution is 2.22. The summed E-state index contributed by atoms with van der Waals surface area (Å²) in [7, 11) is 0. The summed E-state index contributed by atoms with van der Waals surface area (Å²) in [6.07, 6.45) is 1.62. The molecule has 0 radical (unpaired) electrons. The summed E-state index contributed by atoms with van der Waals surface area (Å²) < 4.78 is 1.04. The van der Waals surface area contributed by atoms with Gasteiger partial charge in [-0.1, -0.05) is 45.8 Å². The largest absolute Gasteiger partial charge is 0.365 e. The van der Waals surface area contributed by atoms with Crippen molar-refractivity contribution in [2.45, 2.75) is 20.4 Å². The number of nitrogens with one attached hydrogen (secondary N) is 2. The van der Waals surface area contributed by atoms with E-state index in [4.69, 9.17) is 0 Å². The molecule has 0 atom stereocenters. The smallest absolute Gasteiger partial charge is 0.249 e. The van der Waals surface area contributed by atoms with Crippen LogP contribution in [0, 0.1) is 13.8 Å². The molecule has 24 heavy (non-hydrogen) atoms. The van der Waals surface area contributed by atoms with Gasteiger partial charge >= 0.3 is 0 Å². The second-order valence-corrected chi connectivity index (χ2v) is 6.50. The Morgan fingerprint density at radius 2 is 1.83 bits per heavy atom. The second-order valence-electron chi connectivity index (χ2n) is 5.59. The molecule has 3 aromatic rings. The number of halogens is 1. The van der Waals surface area contributed by atoms with Crippen molar-refractivity contribution in [2.24, 2.45) is 0 Å². The molecule has 0 aliphatic carbocycles. The van der Waals surface area contributed by atoms with Crippen LogP contribution in [0.3, 0.4) is 0 Å². The van der Waals surface area contributed by atoms with E-state index in [1.807, 2.05) is 25.1 Å². The van der Waals surface area contributed by atoms with Gasteiger partial charge in [0.15, 0.2) is 5.82 Å². The van der Waals surface area contributed by atoms with Gasteiger partial charge in [0.25, 0.3) is 0 Å².